The molecule has 3 atom stereocenters. The van der Waals surface area contributed by atoms with Gasteiger partial charge >= 0.3 is 0 Å². The van der Waals surface area contributed by atoms with Gasteiger partial charge < -0.3 is 28.8 Å². The summed E-state index contributed by atoms with van der Waals surface area (Å²) in [5, 5.41) is 13.7. The fraction of sp³-hybridized carbons (Fsp3) is 0.927. The quantitative estimate of drug-likeness (QED) is 0.0283. The molecule has 0 fully saturated rings. The lowest BCUT2D eigenvalue weighted by molar-refractivity contribution is -0.870. The van der Waals surface area contributed by atoms with Crippen molar-refractivity contribution in [2.45, 2.75) is 206 Å². The molecule has 2 N–H and O–H groups in total. The van der Waals surface area contributed by atoms with E-state index >= 15 is 0 Å². The summed E-state index contributed by atoms with van der Waals surface area (Å²) >= 11 is 0. The lowest BCUT2D eigenvalue weighted by Gasteiger charge is -2.29. The van der Waals surface area contributed by atoms with E-state index in [0.29, 0.717) is 23.9 Å². The maximum atomic E-state index is 12.8. The minimum absolute atomic E-state index is 0.0290. The van der Waals surface area contributed by atoms with Gasteiger partial charge in [-0.2, -0.15) is 0 Å². The number of aliphatic hydroxyl groups excluding tert-OH is 1. The van der Waals surface area contributed by atoms with Crippen LogP contribution in [0.2, 0.25) is 0 Å². The van der Waals surface area contributed by atoms with E-state index in [1.807, 2.05) is 21.1 Å². The van der Waals surface area contributed by atoms with E-state index in [0.717, 1.165) is 38.5 Å². The number of quaternary nitrogens is 1. The molecule has 9 heteroatoms. The van der Waals surface area contributed by atoms with Crippen LogP contribution in [0.3, 0.4) is 0 Å². The largest absolute Gasteiger partial charge is 0.756 e. The van der Waals surface area contributed by atoms with Crippen LogP contribution in [0.25, 0.3) is 0 Å². The van der Waals surface area contributed by atoms with E-state index in [2.05, 4.69) is 19.2 Å². The van der Waals surface area contributed by atoms with Gasteiger partial charge in [-0.05, 0) is 19.3 Å². The monoisotopic (exact) mass is 732 g/mol. The Morgan fingerprint density at radius 3 is 1.54 bits per heavy atom. The lowest BCUT2D eigenvalue weighted by atomic mass is 10.0. The van der Waals surface area contributed by atoms with Crippen molar-refractivity contribution in [2.75, 3.05) is 40.9 Å². The van der Waals surface area contributed by atoms with Gasteiger partial charge in [0.2, 0.25) is 5.91 Å². The average Bonchev–Trinajstić information content (AvgIpc) is 3.06. The van der Waals surface area contributed by atoms with Gasteiger partial charge in [0.25, 0.3) is 7.82 Å². The SMILES string of the molecule is [2H]/C(=C\[C@@H](O)[C@H](COP(=O)([O-])OCC[N+](C)(C)C)NC(=O)CCCCCCCCCCCCCCCCC)CCCCCCCCCCCCC. The third-order valence-electron chi connectivity index (χ3n) is 9.40. The van der Waals surface area contributed by atoms with Gasteiger partial charge in [-0.15, -0.1) is 0 Å². The standard InChI is InChI=1S/C41H83N2O6P/c1-6-8-10-12-14-16-18-20-21-23-25-27-29-31-33-35-41(45)42-39(38-49-50(46,47)48-37-36-43(3,4)5)40(44)34-32-30-28-26-24-22-19-17-15-13-11-9-7-2/h32,34,39-40,44H,6-31,33,35-38H2,1-5H3,(H-,42,45,46,47)/b34-32+/t39-,40+/m0/s1/i32D. The van der Waals surface area contributed by atoms with E-state index in [1.54, 1.807) is 0 Å². The van der Waals surface area contributed by atoms with Gasteiger partial charge in [-0.25, -0.2) is 0 Å². The third kappa shape index (κ3) is 35.6. The normalized spacial score (nSPS) is 15.1. The van der Waals surface area contributed by atoms with Gasteiger partial charge in [-0.1, -0.05) is 180 Å². The molecule has 0 aliphatic carbocycles. The van der Waals surface area contributed by atoms with Crippen LogP contribution in [-0.2, 0) is 18.4 Å². The topological polar surface area (TPSA) is 108 Å². The van der Waals surface area contributed by atoms with Crippen molar-refractivity contribution < 1.29 is 34.3 Å². The summed E-state index contributed by atoms with van der Waals surface area (Å²) in [7, 11) is 1.16. The Balaban J connectivity index is 4.58. The Hall–Kier alpha value is -0.760. The van der Waals surface area contributed by atoms with Crippen molar-refractivity contribution in [3.05, 3.63) is 12.1 Å². The fourth-order valence-electron chi connectivity index (χ4n) is 6.01. The third-order valence-corrected chi connectivity index (χ3v) is 10.4. The minimum Gasteiger partial charge on any atom is -0.756 e. The van der Waals surface area contributed by atoms with Crippen molar-refractivity contribution in [3.8, 4) is 0 Å². The van der Waals surface area contributed by atoms with Gasteiger partial charge in [0.1, 0.15) is 13.2 Å². The van der Waals surface area contributed by atoms with Gasteiger partial charge in [0.15, 0.2) is 0 Å². The number of hydrogen-bond donors (Lipinski definition) is 2. The highest BCUT2D eigenvalue weighted by Gasteiger charge is 2.23. The van der Waals surface area contributed by atoms with Gasteiger partial charge in [0.05, 0.1) is 41.3 Å². The lowest BCUT2D eigenvalue weighted by Crippen LogP contribution is -2.45. The molecule has 8 nitrogen and oxygen atoms in total. The van der Waals surface area contributed by atoms with E-state index in [4.69, 9.17) is 10.4 Å². The summed E-state index contributed by atoms with van der Waals surface area (Å²) in [6, 6.07) is -0.722. The zero-order valence-electron chi connectivity index (χ0n) is 34.5. The number of rotatable bonds is 38. The molecule has 0 rings (SSSR count). The molecule has 0 aromatic heterocycles. The highest BCUT2D eigenvalue weighted by Crippen LogP contribution is 2.38. The number of hydrogen-bond acceptors (Lipinski definition) is 6. The molecule has 298 valence electrons. The average molecular weight is 732 g/mol. The number of aliphatic hydroxyl groups is 1. The number of carbonyl (C=O) groups excluding carboxylic acids is 1. The first-order chi connectivity index (χ1) is 24.4. The second kappa shape index (κ2) is 34.0. The highest BCUT2D eigenvalue weighted by molar-refractivity contribution is 7.45. The number of allylic oxidation sites excluding steroid dienone is 1. The number of phosphoric acid groups is 1. The highest BCUT2D eigenvalue weighted by atomic mass is 31.2. The number of phosphoric ester groups is 1. The number of nitrogens with zero attached hydrogens (tertiary/aromatic N) is 1. The number of carbonyl (C=O) groups is 1. The Morgan fingerprint density at radius 1 is 0.720 bits per heavy atom. The Bertz CT molecular complexity index is 885. The molecule has 0 saturated heterocycles. The molecule has 0 aliphatic rings. The second-order valence-corrected chi connectivity index (χ2v) is 17.0. The summed E-state index contributed by atoms with van der Waals surface area (Å²) in [6.45, 7) is 4.49. The molecule has 0 aliphatic heterocycles. The maximum absolute atomic E-state index is 12.8. The molecule has 1 amide bonds. The predicted octanol–water partition coefficient (Wildman–Crippen LogP) is 10.6. The molecule has 0 radical (unpaired) electrons. The Kier molecular flexibility index (Phi) is 32.2. The first-order valence-electron chi connectivity index (χ1n) is 21.5. The maximum Gasteiger partial charge on any atom is 0.268 e. The van der Waals surface area contributed by atoms with E-state index in [9.17, 15) is 19.4 Å². The van der Waals surface area contributed by atoms with E-state index in [1.165, 1.54) is 134 Å². The second-order valence-electron chi connectivity index (χ2n) is 15.6. The summed E-state index contributed by atoms with van der Waals surface area (Å²) in [5.74, 6) is -0.255. The molecular formula is C41H83N2O6P. The van der Waals surface area contributed by atoms with Crippen LogP contribution in [0.1, 0.15) is 195 Å². The zero-order chi connectivity index (χ0) is 38.1. The van der Waals surface area contributed by atoms with Crippen LogP contribution in [0.15, 0.2) is 12.1 Å². The number of nitrogens with one attached hydrogen (secondary N) is 1. The molecule has 0 saturated carbocycles. The molecule has 1 unspecified atom stereocenters. The van der Waals surface area contributed by atoms with Crippen LogP contribution in [0.5, 0.6) is 0 Å². The first-order valence-corrected chi connectivity index (χ1v) is 22.4. The van der Waals surface area contributed by atoms with Crippen molar-refractivity contribution in [1.29, 1.82) is 0 Å². The smallest absolute Gasteiger partial charge is 0.268 e. The number of amides is 1. The molecule has 50 heavy (non-hydrogen) atoms. The summed E-state index contributed by atoms with van der Waals surface area (Å²) in [5.41, 5.74) is 0. The molecule has 0 aromatic rings. The van der Waals surface area contributed by atoms with Crippen molar-refractivity contribution >= 4 is 13.7 Å². The van der Waals surface area contributed by atoms with Crippen molar-refractivity contribution in [3.63, 3.8) is 0 Å². The molecular weight excluding hydrogens is 647 g/mol. The summed E-state index contributed by atoms with van der Waals surface area (Å²) in [4.78, 5) is 25.3. The summed E-state index contributed by atoms with van der Waals surface area (Å²) < 4.78 is 31.5. The zero-order valence-corrected chi connectivity index (χ0v) is 34.4. The molecule has 0 heterocycles. The number of unbranched alkanes of at least 4 members (excludes halogenated alkanes) is 24. The van der Waals surface area contributed by atoms with Gasteiger partial charge in [0, 0.05) is 6.42 Å². The molecule has 0 bridgehead atoms. The van der Waals surface area contributed by atoms with Crippen molar-refractivity contribution in [2.24, 2.45) is 0 Å². The molecule has 0 aromatic carbocycles. The Morgan fingerprint density at radius 2 is 1.12 bits per heavy atom. The fourth-order valence-corrected chi connectivity index (χ4v) is 6.73. The van der Waals surface area contributed by atoms with E-state index in [-0.39, 0.29) is 18.6 Å². The van der Waals surface area contributed by atoms with Crippen LogP contribution in [0, 0.1) is 0 Å². The Labute approximate surface area is 311 Å². The van der Waals surface area contributed by atoms with Crippen LogP contribution in [-0.4, -0.2) is 68.5 Å². The van der Waals surface area contributed by atoms with E-state index < -0.39 is 26.6 Å². The number of likely N-dealkylation sites (N-methyl/N-ethyl adjacent to an activating group) is 1. The van der Waals surface area contributed by atoms with Crippen LogP contribution >= 0.6 is 7.82 Å². The van der Waals surface area contributed by atoms with Crippen molar-refractivity contribution in [1.82, 2.24) is 5.32 Å². The first kappa shape index (κ1) is 47.3. The minimum atomic E-state index is -4.63. The summed E-state index contributed by atoms with van der Waals surface area (Å²) in [6.07, 6.45) is 33.1. The van der Waals surface area contributed by atoms with Crippen LogP contribution < -0.4 is 10.2 Å². The predicted molar refractivity (Wildman–Crippen MR) is 210 cm³/mol. The molecule has 0 spiro atoms. The van der Waals surface area contributed by atoms with Gasteiger partial charge in [-0.3, -0.25) is 9.36 Å². The van der Waals surface area contributed by atoms with Crippen LogP contribution in [0.4, 0.5) is 0 Å².